The molecule has 1 aliphatic carbocycles. The van der Waals surface area contributed by atoms with Crippen molar-refractivity contribution in [3.8, 4) is 11.5 Å². The molecule has 106 valence electrons. The molecule has 0 bridgehead atoms. The van der Waals surface area contributed by atoms with Gasteiger partial charge in [-0.25, -0.2) is 0 Å². The van der Waals surface area contributed by atoms with E-state index in [0.717, 1.165) is 36.9 Å². The first-order valence-electron chi connectivity index (χ1n) is 7.04. The molecule has 1 aliphatic rings. The van der Waals surface area contributed by atoms with Gasteiger partial charge in [0.2, 0.25) is 12.3 Å². The second-order valence-corrected chi connectivity index (χ2v) is 5.42. The van der Waals surface area contributed by atoms with Crippen molar-refractivity contribution in [1.29, 1.82) is 0 Å². The van der Waals surface area contributed by atoms with Gasteiger partial charge in [-0.15, -0.1) is 10.2 Å². The lowest BCUT2D eigenvalue weighted by Gasteiger charge is -2.27. The van der Waals surface area contributed by atoms with Gasteiger partial charge >= 0.3 is 0 Å². The number of hydrogen-bond donors (Lipinski definition) is 2. The second kappa shape index (κ2) is 5.63. The normalized spacial score (nSPS) is 22.7. The summed E-state index contributed by atoms with van der Waals surface area (Å²) in [6.07, 6.45) is 4.97. The van der Waals surface area contributed by atoms with Gasteiger partial charge in [-0.1, -0.05) is 6.07 Å². The lowest BCUT2D eigenvalue weighted by Crippen LogP contribution is -2.28. The molecular formula is C15H19N3O2. The van der Waals surface area contributed by atoms with Crippen molar-refractivity contribution in [3.63, 3.8) is 0 Å². The molecule has 2 aromatic rings. The maximum atomic E-state index is 9.56. The summed E-state index contributed by atoms with van der Waals surface area (Å²) in [6, 6.07) is 6.52. The number of aryl methyl sites for hydroxylation is 1. The number of nitrogens with one attached hydrogen (secondary N) is 1. The molecule has 0 radical (unpaired) electrons. The minimum Gasteiger partial charge on any atom is -0.423 e. The van der Waals surface area contributed by atoms with E-state index in [4.69, 9.17) is 4.42 Å². The summed E-state index contributed by atoms with van der Waals surface area (Å²) in [6.45, 7) is 2.08. The fourth-order valence-corrected chi connectivity index (χ4v) is 2.65. The van der Waals surface area contributed by atoms with Gasteiger partial charge < -0.3 is 14.8 Å². The Bertz CT molecular complexity index is 561. The van der Waals surface area contributed by atoms with Crippen molar-refractivity contribution in [2.75, 3.05) is 5.32 Å². The summed E-state index contributed by atoms with van der Waals surface area (Å²) in [4.78, 5) is 0. The number of rotatable bonds is 3. The van der Waals surface area contributed by atoms with Crippen LogP contribution in [-0.2, 0) is 0 Å². The van der Waals surface area contributed by atoms with Crippen LogP contribution in [0.5, 0.6) is 0 Å². The quantitative estimate of drug-likeness (QED) is 0.899. The van der Waals surface area contributed by atoms with Crippen molar-refractivity contribution in [2.45, 2.75) is 44.8 Å². The maximum absolute atomic E-state index is 9.56. The summed E-state index contributed by atoms with van der Waals surface area (Å²) < 4.78 is 5.24. The topological polar surface area (TPSA) is 71.2 Å². The molecule has 3 rings (SSSR count). The molecule has 2 N–H and O–H groups in total. The maximum Gasteiger partial charge on any atom is 0.247 e. The molecule has 1 heterocycles. The lowest BCUT2D eigenvalue weighted by molar-refractivity contribution is 0.126. The van der Waals surface area contributed by atoms with E-state index in [-0.39, 0.29) is 6.10 Å². The highest BCUT2D eigenvalue weighted by Gasteiger charge is 2.19. The van der Waals surface area contributed by atoms with E-state index < -0.39 is 0 Å². The minimum atomic E-state index is -0.126. The van der Waals surface area contributed by atoms with Crippen LogP contribution in [0.15, 0.2) is 29.0 Å². The van der Waals surface area contributed by atoms with Crippen LogP contribution < -0.4 is 5.32 Å². The third-order valence-corrected chi connectivity index (χ3v) is 3.90. The van der Waals surface area contributed by atoms with E-state index in [1.165, 1.54) is 12.0 Å². The summed E-state index contributed by atoms with van der Waals surface area (Å²) in [5.74, 6) is 0.534. The standard InChI is InChI=1S/C15H19N3O2/c1-10-2-3-11(15-18-16-9-20-15)8-14(10)17-12-4-6-13(19)7-5-12/h2-3,8-9,12-13,17,19H,4-7H2,1H3. The molecule has 0 spiro atoms. The van der Waals surface area contributed by atoms with E-state index in [0.29, 0.717) is 11.9 Å². The van der Waals surface area contributed by atoms with Crippen molar-refractivity contribution in [1.82, 2.24) is 10.2 Å². The van der Waals surface area contributed by atoms with E-state index in [2.05, 4.69) is 28.5 Å². The van der Waals surface area contributed by atoms with E-state index in [1.54, 1.807) is 0 Å². The van der Waals surface area contributed by atoms with Gasteiger partial charge in [-0.2, -0.15) is 0 Å². The number of hydrogen-bond acceptors (Lipinski definition) is 5. The van der Waals surface area contributed by atoms with Crippen LogP contribution in [0.1, 0.15) is 31.2 Å². The van der Waals surface area contributed by atoms with Crippen molar-refractivity contribution >= 4 is 5.69 Å². The molecule has 1 aromatic carbocycles. The Labute approximate surface area is 118 Å². The van der Waals surface area contributed by atoms with Gasteiger partial charge in [0.25, 0.3) is 0 Å². The van der Waals surface area contributed by atoms with Crippen LogP contribution in [0.4, 0.5) is 5.69 Å². The largest absolute Gasteiger partial charge is 0.423 e. The highest BCUT2D eigenvalue weighted by atomic mass is 16.4. The molecule has 1 fully saturated rings. The Kier molecular flexibility index (Phi) is 3.69. The first-order valence-corrected chi connectivity index (χ1v) is 7.04. The zero-order chi connectivity index (χ0) is 13.9. The molecule has 20 heavy (non-hydrogen) atoms. The molecule has 0 unspecified atom stereocenters. The molecule has 1 saturated carbocycles. The van der Waals surface area contributed by atoms with Gasteiger partial charge in [0, 0.05) is 17.3 Å². The summed E-state index contributed by atoms with van der Waals surface area (Å²) in [7, 11) is 0. The highest BCUT2D eigenvalue weighted by Crippen LogP contribution is 2.27. The SMILES string of the molecule is Cc1ccc(-c2nnco2)cc1NC1CCC(O)CC1. The summed E-state index contributed by atoms with van der Waals surface area (Å²) >= 11 is 0. The van der Waals surface area contributed by atoms with Gasteiger partial charge in [-0.3, -0.25) is 0 Å². The predicted molar refractivity (Wildman–Crippen MR) is 76.4 cm³/mol. The van der Waals surface area contributed by atoms with Gasteiger partial charge in [0.05, 0.1) is 6.10 Å². The first-order chi connectivity index (χ1) is 9.72. The van der Waals surface area contributed by atoms with Crippen LogP contribution >= 0.6 is 0 Å². The predicted octanol–water partition coefficient (Wildman–Crippen LogP) is 2.76. The van der Waals surface area contributed by atoms with E-state index in [1.807, 2.05) is 12.1 Å². The minimum absolute atomic E-state index is 0.126. The Hall–Kier alpha value is -1.88. The van der Waals surface area contributed by atoms with Crippen LogP contribution in [0.25, 0.3) is 11.5 Å². The molecule has 0 saturated heterocycles. The van der Waals surface area contributed by atoms with Crippen molar-refractivity contribution in [3.05, 3.63) is 30.2 Å². The lowest BCUT2D eigenvalue weighted by atomic mass is 9.92. The third-order valence-electron chi connectivity index (χ3n) is 3.90. The molecule has 0 aliphatic heterocycles. The number of aliphatic hydroxyl groups excluding tert-OH is 1. The van der Waals surface area contributed by atoms with Gasteiger partial charge in [-0.05, 0) is 50.3 Å². The average Bonchev–Trinajstić information content (AvgIpc) is 2.98. The molecule has 5 nitrogen and oxygen atoms in total. The van der Waals surface area contributed by atoms with Crippen LogP contribution in [0, 0.1) is 6.92 Å². The molecule has 1 aromatic heterocycles. The number of nitrogens with zero attached hydrogens (tertiary/aromatic N) is 2. The third kappa shape index (κ3) is 2.82. The molecule has 0 atom stereocenters. The highest BCUT2D eigenvalue weighted by molar-refractivity contribution is 5.64. The van der Waals surface area contributed by atoms with Crippen molar-refractivity contribution < 1.29 is 9.52 Å². The number of anilines is 1. The number of aromatic nitrogens is 2. The monoisotopic (exact) mass is 273 g/mol. The number of aliphatic hydroxyl groups is 1. The molecule has 5 heteroatoms. The Morgan fingerprint density at radius 2 is 2.05 bits per heavy atom. The number of benzene rings is 1. The van der Waals surface area contributed by atoms with E-state index >= 15 is 0 Å². The first kappa shape index (κ1) is 13.1. The van der Waals surface area contributed by atoms with Crippen molar-refractivity contribution in [2.24, 2.45) is 0 Å². The Morgan fingerprint density at radius 1 is 1.25 bits per heavy atom. The van der Waals surface area contributed by atoms with Gasteiger partial charge in [0.1, 0.15) is 0 Å². The fourth-order valence-electron chi connectivity index (χ4n) is 2.65. The van der Waals surface area contributed by atoms with Crippen LogP contribution in [-0.4, -0.2) is 27.4 Å². The zero-order valence-electron chi connectivity index (χ0n) is 11.5. The zero-order valence-corrected chi connectivity index (χ0v) is 11.5. The Balaban J connectivity index is 1.77. The molecule has 0 amide bonds. The second-order valence-electron chi connectivity index (χ2n) is 5.42. The summed E-state index contributed by atoms with van der Waals surface area (Å²) in [5, 5.41) is 20.8. The summed E-state index contributed by atoms with van der Waals surface area (Å²) in [5.41, 5.74) is 3.22. The fraction of sp³-hybridized carbons (Fsp3) is 0.467. The van der Waals surface area contributed by atoms with Crippen LogP contribution in [0.2, 0.25) is 0 Å². The Morgan fingerprint density at radius 3 is 2.75 bits per heavy atom. The van der Waals surface area contributed by atoms with E-state index in [9.17, 15) is 5.11 Å². The average molecular weight is 273 g/mol. The molecular weight excluding hydrogens is 254 g/mol. The van der Waals surface area contributed by atoms with Crippen LogP contribution in [0.3, 0.4) is 0 Å². The smallest absolute Gasteiger partial charge is 0.247 e. The van der Waals surface area contributed by atoms with Gasteiger partial charge in [0.15, 0.2) is 0 Å².